The fourth-order valence-electron chi connectivity index (χ4n) is 9.68. The highest BCUT2D eigenvalue weighted by Gasteiger charge is 2.34. The van der Waals surface area contributed by atoms with E-state index in [1.807, 2.05) is 60.7 Å². The molecule has 4 aliphatic rings. The SMILES string of the molecule is O=C1CC(OC(=O)OCCOCCOCCOCCOC(=O)OC2CC(=O)OC(/C=C/c3c(C4CC4)nc4ccccc4c3-c3ccc(F)cc3)C2)CC(/C=C/c2c(C3CC3)nc3ccccc3c2-c2ccc(F)cc2)O1. The number of rotatable bonds is 22. The van der Waals surface area contributed by atoms with Crippen LogP contribution in [0.25, 0.3) is 56.2 Å². The molecule has 17 heteroatoms. The van der Waals surface area contributed by atoms with E-state index in [0.29, 0.717) is 0 Å². The Balaban J connectivity index is 0.596. The van der Waals surface area contributed by atoms with Crippen LogP contribution in [-0.4, -0.2) is 111 Å². The summed E-state index contributed by atoms with van der Waals surface area (Å²) in [5.41, 5.74) is 8.84. The van der Waals surface area contributed by atoms with Gasteiger partial charge in [-0.15, -0.1) is 0 Å². The number of benzene rings is 4. The van der Waals surface area contributed by atoms with Gasteiger partial charge in [-0.3, -0.25) is 19.6 Å². The molecule has 4 aromatic carbocycles. The predicted octanol–water partition coefficient (Wildman–Crippen LogP) is 11.4. The minimum Gasteiger partial charge on any atom is -0.458 e. The van der Waals surface area contributed by atoms with E-state index in [-0.39, 0.29) is 102 Å². The first-order chi connectivity index (χ1) is 37.6. The van der Waals surface area contributed by atoms with E-state index >= 15 is 0 Å². The Kier molecular flexibility index (Phi) is 17.2. The Labute approximate surface area is 443 Å². The van der Waals surface area contributed by atoms with Gasteiger partial charge in [-0.2, -0.15) is 0 Å². The zero-order valence-electron chi connectivity index (χ0n) is 42.3. The lowest BCUT2D eigenvalue weighted by atomic mass is 9.92. The van der Waals surface area contributed by atoms with Crippen LogP contribution in [0.15, 0.2) is 109 Å². The molecule has 2 aromatic heterocycles. The number of esters is 2. The minimum atomic E-state index is -0.928. The lowest BCUT2D eigenvalue weighted by Gasteiger charge is -2.26. The third-order valence-electron chi connectivity index (χ3n) is 13.6. The van der Waals surface area contributed by atoms with Crippen molar-refractivity contribution in [3.8, 4) is 22.3 Å². The van der Waals surface area contributed by atoms with E-state index in [4.69, 9.17) is 52.6 Å². The summed E-state index contributed by atoms with van der Waals surface area (Å²) < 4.78 is 77.1. The fraction of sp³-hybridized carbons (Fsp3) is 0.367. The Bertz CT molecular complexity index is 2930. The number of hydrogen-bond donors (Lipinski definition) is 0. The summed E-state index contributed by atoms with van der Waals surface area (Å²) in [5.74, 6) is -1.10. The summed E-state index contributed by atoms with van der Waals surface area (Å²) in [6.07, 6.45) is 6.95. The van der Waals surface area contributed by atoms with Crippen molar-refractivity contribution in [1.29, 1.82) is 0 Å². The number of pyridine rings is 2. The number of halogens is 2. The molecular weight excluding hydrogens is 995 g/mol. The molecule has 6 aromatic rings. The maximum atomic E-state index is 14.0. The highest BCUT2D eigenvalue weighted by molar-refractivity contribution is 6.01. The fourth-order valence-corrected chi connectivity index (χ4v) is 9.68. The molecule has 0 radical (unpaired) electrons. The van der Waals surface area contributed by atoms with E-state index < -0.39 is 48.7 Å². The molecule has 4 fully saturated rings. The van der Waals surface area contributed by atoms with E-state index in [9.17, 15) is 28.0 Å². The van der Waals surface area contributed by atoms with Crippen LogP contribution in [0.2, 0.25) is 0 Å². The summed E-state index contributed by atoms with van der Waals surface area (Å²) in [6, 6.07) is 28.4. The molecule has 400 valence electrons. The normalized spacial score (nSPS) is 19.6. The van der Waals surface area contributed by atoms with E-state index in [0.717, 1.165) is 92.3 Å². The number of ether oxygens (including phenoxy) is 9. The van der Waals surface area contributed by atoms with Crippen LogP contribution >= 0.6 is 0 Å². The largest absolute Gasteiger partial charge is 0.508 e. The molecule has 4 unspecified atom stereocenters. The quantitative estimate of drug-likeness (QED) is 0.0356. The summed E-state index contributed by atoms with van der Waals surface area (Å²) in [4.78, 5) is 60.5. The average Bonchev–Trinajstić information content (AvgIpc) is 4.49. The van der Waals surface area contributed by atoms with Crippen molar-refractivity contribution >= 4 is 58.2 Å². The van der Waals surface area contributed by atoms with Crippen molar-refractivity contribution in [2.75, 3.05) is 52.9 Å². The Morgan fingerprint density at radius 3 is 1.29 bits per heavy atom. The second kappa shape index (κ2) is 25.0. The van der Waals surface area contributed by atoms with Gasteiger partial charge >= 0.3 is 24.2 Å². The number of carbonyl (C=O) groups excluding carboxylic acids is 4. The van der Waals surface area contributed by atoms with Gasteiger partial charge in [0, 0.05) is 57.7 Å². The van der Waals surface area contributed by atoms with E-state index in [1.165, 1.54) is 24.3 Å². The van der Waals surface area contributed by atoms with Crippen molar-refractivity contribution in [3.63, 3.8) is 0 Å². The van der Waals surface area contributed by atoms with Crippen molar-refractivity contribution in [1.82, 2.24) is 9.97 Å². The van der Waals surface area contributed by atoms with E-state index in [2.05, 4.69) is 0 Å². The molecule has 0 bridgehead atoms. The number of para-hydroxylation sites is 2. The maximum Gasteiger partial charge on any atom is 0.508 e. The third-order valence-corrected chi connectivity index (χ3v) is 13.6. The molecule has 0 N–H and O–H groups in total. The van der Waals surface area contributed by atoms with E-state index in [1.54, 1.807) is 36.4 Å². The molecule has 15 nitrogen and oxygen atoms in total. The van der Waals surface area contributed by atoms with Crippen LogP contribution in [0.1, 0.15) is 85.7 Å². The first kappa shape index (κ1) is 52.8. The molecule has 2 saturated carbocycles. The number of hydrogen-bond acceptors (Lipinski definition) is 15. The van der Waals surface area contributed by atoms with Gasteiger partial charge in [0.1, 0.15) is 49.3 Å². The molecule has 2 aliphatic carbocycles. The molecule has 0 amide bonds. The molecule has 2 aliphatic heterocycles. The Morgan fingerprint density at radius 2 is 0.896 bits per heavy atom. The van der Waals surface area contributed by atoms with Gasteiger partial charge < -0.3 is 42.6 Å². The molecule has 10 rings (SSSR count). The van der Waals surface area contributed by atoms with Gasteiger partial charge in [0.05, 0.1) is 74.9 Å². The second-order valence-electron chi connectivity index (χ2n) is 19.3. The van der Waals surface area contributed by atoms with Crippen LogP contribution in [0.3, 0.4) is 0 Å². The molecule has 4 heterocycles. The van der Waals surface area contributed by atoms with Gasteiger partial charge in [0.15, 0.2) is 0 Å². The van der Waals surface area contributed by atoms with Crippen LogP contribution in [-0.2, 0) is 52.2 Å². The van der Waals surface area contributed by atoms with Crippen LogP contribution in [0, 0.1) is 11.6 Å². The predicted molar refractivity (Wildman–Crippen MR) is 279 cm³/mol. The Hall–Kier alpha value is -7.60. The lowest BCUT2D eigenvalue weighted by molar-refractivity contribution is -0.158. The summed E-state index contributed by atoms with van der Waals surface area (Å²) in [7, 11) is 0. The van der Waals surface area contributed by atoms with Crippen LogP contribution in [0.4, 0.5) is 18.4 Å². The minimum absolute atomic E-state index is 0.0791. The number of cyclic esters (lactones) is 2. The topological polar surface area (TPSA) is 177 Å². The number of fused-ring (bicyclic) bond motifs is 2. The summed E-state index contributed by atoms with van der Waals surface area (Å²) in [6.45, 7) is 0.946. The van der Waals surface area contributed by atoms with Crippen molar-refractivity contribution < 1.29 is 70.6 Å². The Morgan fingerprint density at radius 1 is 0.519 bits per heavy atom. The van der Waals surface area contributed by atoms with Crippen LogP contribution in [0.5, 0.6) is 0 Å². The van der Waals surface area contributed by atoms with Crippen LogP contribution < -0.4 is 0 Å². The average molecular weight is 1050 g/mol. The van der Waals surface area contributed by atoms with Gasteiger partial charge in [-0.1, -0.05) is 72.8 Å². The highest BCUT2D eigenvalue weighted by Crippen LogP contribution is 2.47. The molecule has 77 heavy (non-hydrogen) atoms. The smallest absolute Gasteiger partial charge is 0.458 e. The number of nitrogens with zero attached hydrogens (tertiary/aromatic N) is 2. The summed E-state index contributed by atoms with van der Waals surface area (Å²) >= 11 is 0. The molecular formula is C60H58F2N2O13. The second-order valence-corrected chi connectivity index (χ2v) is 19.3. The molecule has 4 atom stereocenters. The number of carbonyl (C=O) groups is 4. The summed E-state index contributed by atoms with van der Waals surface area (Å²) in [5, 5.41) is 1.84. The van der Waals surface area contributed by atoms with Gasteiger partial charge in [0.2, 0.25) is 0 Å². The first-order valence-electron chi connectivity index (χ1n) is 26.1. The monoisotopic (exact) mass is 1050 g/mol. The van der Waals surface area contributed by atoms with Crippen molar-refractivity contribution in [2.24, 2.45) is 0 Å². The third kappa shape index (κ3) is 14.1. The van der Waals surface area contributed by atoms with Crippen molar-refractivity contribution in [2.45, 2.75) is 87.6 Å². The number of aromatic nitrogens is 2. The first-order valence-corrected chi connectivity index (χ1v) is 26.1. The molecule has 0 spiro atoms. The van der Waals surface area contributed by atoms with Gasteiger partial charge in [-0.05, 0) is 85.4 Å². The zero-order valence-corrected chi connectivity index (χ0v) is 42.3. The highest BCUT2D eigenvalue weighted by atomic mass is 19.1. The zero-order chi connectivity index (χ0) is 53.1. The lowest BCUT2D eigenvalue weighted by Crippen LogP contribution is -2.34. The maximum absolute atomic E-state index is 14.0. The van der Waals surface area contributed by atoms with Gasteiger partial charge in [-0.25, -0.2) is 18.4 Å². The van der Waals surface area contributed by atoms with Crippen molar-refractivity contribution in [3.05, 3.63) is 143 Å². The molecule has 2 saturated heterocycles. The van der Waals surface area contributed by atoms with Gasteiger partial charge in [0.25, 0.3) is 0 Å². The standard InChI is InChI=1S/C60H58F2N2O13/c61-41-17-13-37(14-18-41)55-47-5-1-3-7-51(47)63-57(39-9-10-39)49(55)23-21-43-33-45(35-53(65)74-43)76-59(67)72-31-29-70-27-25-69-26-28-71-30-32-73-60(68)77-46-34-44(75-54(66)36-46)22-24-50-56(38-15-19-42(62)20-16-38)48-6-2-4-8-52(48)64-58(50)40-11-12-40/h1-8,13-24,39-40,43-46H,9-12,25-36H2/b23-21+,24-22+.